The van der Waals surface area contributed by atoms with Crippen LogP contribution in [0.1, 0.15) is 18.5 Å². The summed E-state index contributed by atoms with van der Waals surface area (Å²) in [6.45, 7) is 3.11. The number of hydrogen-bond acceptors (Lipinski definition) is 5. The van der Waals surface area contributed by atoms with Crippen LogP contribution in [0.4, 0.5) is 13.2 Å². The first-order chi connectivity index (χ1) is 15.0. The van der Waals surface area contributed by atoms with Crippen LogP contribution >= 0.6 is 0 Å². The molecule has 3 rings (SSSR count). The fraction of sp³-hybridized carbons (Fsp3) is 0.381. The topological polar surface area (TPSA) is 79.0 Å². The molecule has 0 bridgehead atoms. The van der Waals surface area contributed by atoms with Gasteiger partial charge in [-0.3, -0.25) is 9.69 Å². The maximum Gasteiger partial charge on any atom is 0.573 e. The fourth-order valence-electron chi connectivity index (χ4n) is 3.41. The summed E-state index contributed by atoms with van der Waals surface area (Å²) >= 11 is 0. The van der Waals surface area contributed by atoms with Crippen molar-refractivity contribution in [3.05, 3.63) is 60.2 Å². The quantitative estimate of drug-likeness (QED) is 0.672. The molecule has 0 spiro atoms. The first-order valence-electron chi connectivity index (χ1n) is 9.97. The second-order valence-electron chi connectivity index (χ2n) is 7.40. The van der Waals surface area contributed by atoms with E-state index in [9.17, 15) is 26.4 Å². The minimum absolute atomic E-state index is 0.116. The second kappa shape index (κ2) is 9.88. The zero-order valence-electron chi connectivity index (χ0n) is 17.4. The molecule has 0 aromatic heterocycles. The highest BCUT2D eigenvalue weighted by Gasteiger charge is 2.32. The number of nitrogens with zero attached hydrogens (tertiary/aromatic N) is 2. The first kappa shape index (κ1) is 24.0. The minimum Gasteiger partial charge on any atom is -0.406 e. The summed E-state index contributed by atoms with van der Waals surface area (Å²) in [6, 6.07) is 13.5. The van der Waals surface area contributed by atoms with Crippen LogP contribution < -0.4 is 10.1 Å². The van der Waals surface area contributed by atoms with Crippen molar-refractivity contribution in [3.8, 4) is 5.75 Å². The van der Waals surface area contributed by atoms with Gasteiger partial charge in [0.25, 0.3) is 0 Å². The van der Waals surface area contributed by atoms with Gasteiger partial charge < -0.3 is 10.1 Å². The lowest BCUT2D eigenvalue weighted by molar-refractivity contribution is -0.274. The smallest absolute Gasteiger partial charge is 0.406 e. The highest BCUT2D eigenvalue weighted by molar-refractivity contribution is 7.89. The standard InChI is InChI=1S/C21H24F3N3O4S/c1-16(17-5-3-2-4-6-17)25-20(28)15-26-11-13-27(14-12-26)32(29,30)19-9-7-18(8-10-19)31-21(22,23)24/h2-10,16H,11-15H2,1H3,(H,25,28)/t16-/m0/s1. The van der Waals surface area contributed by atoms with Crippen molar-refractivity contribution in [3.63, 3.8) is 0 Å². The molecule has 0 aliphatic carbocycles. The molecule has 1 atom stereocenters. The molecule has 0 radical (unpaired) electrons. The predicted octanol–water partition coefficient (Wildman–Crippen LogP) is 2.77. The van der Waals surface area contributed by atoms with Gasteiger partial charge in [0.2, 0.25) is 15.9 Å². The number of sulfonamides is 1. The highest BCUT2D eigenvalue weighted by Crippen LogP contribution is 2.25. The van der Waals surface area contributed by atoms with Crippen molar-refractivity contribution >= 4 is 15.9 Å². The molecule has 1 N–H and O–H groups in total. The summed E-state index contributed by atoms with van der Waals surface area (Å²) in [5.74, 6) is -0.644. The Morgan fingerprint density at radius 3 is 2.19 bits per heavy atom. The Morgan fingerprint density at radius 1 is 1.03 bits per heavy atom. The summed E-state index contributed by atoms with van der Waals surface area (Å²) < 4.78 is 67.4. The van der Waals surface area contributed by atoms with Crippen molar-refractivity contribution in [1.82, 2.24) is 14.5 Å². The van der Waals surface area contributed by atoms with Gasteiger partial charge in [-0.15, -0.1) is 13.2 Å². The van der Waals surface area contributed by atoms with Crippen LogP contribution in [0.2, 0.25) is 0 Å². The lowest BCUT2D eigenvalue weighted by Crippen LogP contribution is -2.51. The SMILES string of the molecule is C[C@H](NC(=O)CN1CCN(S(=O)(=O)c2ccc(OC(F)(F)F)cc2)CC1)c1ccccc1. The van der Waals surface area contributed by atoms with E-state index in [1.165, 1.54) is 4.31 Å². The Balaban J connectivity index is 1.51. The summed E-state index contributed by atoms with van der Waals surface area (Å²) in [5, 5.41) is 2.93. The van der Waals surface area contributed by atoms with Crippen LogP contribution in [0, 0.1) is 0 Å². The third-order valence-electron chi connectivity index (χ3n) is 5.07. The van der Waals surface area contributed by atoms with Crippen LogP contribution in [0.25, 0.3) is 0 Å². The average Bonchev–Trinajstić information content (AvgIpc) is 2.74. The third kappa shape index (κ3) is 6.44. The van der Waals surface area contributed by atoms with E-state index in [2.05, 4.69) is 10.1 Å². The van der Waals surface area contributed by atoms with Gasteiger partial charge in [0.1, 0.15) is 5.75 Å². The molecule has 1 aliphatic rings. The van der Waals surface area contributed by atoms with E-state index in [0.717, 1.165) is 29.8 Å². The number of nitrogens with one attached hydrogen (secondary N) is 1. The van der Waals surface area contributed by atoms with Crippen LogP contribution in [-0.4, -0.2) is 62.6 Å². The van der Waals surface area contributed by atoms with Crippen molar-refractivity contribution in [1.29, 1.82) is 0 Å². The Kier molecular flexibility index (Phi) is 7.42. The molecular formula is C21H24F3N3O4S. The molecular weight excluding hydrogens is 447 g/mol. The number of ether oxygens (including phenoxy) is 1. The van der Waals surface area contributed by atoms with E-state index in [0.29, 0.717) is 13.1 Å². The zero-order chi connectivity index (χ0) is 23.4. The molecule has 2 aromatic rings. The summed E-state index contributed by atoms with van der Waals surface area (Å²) in [6.07, 6.45) is -4.85. The molecule has 1 heterocycles. The lowest BCUT2D eigenvalue weighted by atomic mass is 10.1. The second-order valence-corrected chi connectivity index (χ2v) is 9.34. The first-order valence-corrected chi connectivity index (χ1v) is 11.4. The molecule has 11 heteroatoms. The monoisotopic (exact) mass is 471 g/mol. The lowest BCUT2D eigenvalue weighted by Gasteiger charge is -2.33. The largest absolute Gasteiger partial charge is 0.573 e. The molecule has 0 saturated carbocycles. The summed E-state index contributed by atoms with van der Waals surface area (Å²) in [4.78, 5) is 14.1. The van der Waals surface area contributed by atoms with Crippen LogP contribution in [-0.2, 0) is 14.8 Å². The van der Waals surface area contributed by atoms with Gasteiger partial charge in [-0.25, -0.2) is 8.42 Å². The minimum atomic E-state index is -4.85. The summed E-state index contributed by atoms with van der Waals surface area (Å²) in [5.41, 5.74) is 0.989. The van der Waals surface area contributed by atoms with Gasteiger partial charge in [-0.2, -0.15) is 4.31 Å². The number of rotatable bonds is 7. The highest BCUT2D eigenvalue weighted by atomic mass is 32.2. The zero-order valence-corrected chi connectivity index (χ0v) is 18.2. The number of alkyl halides is 3. The van der Waals surface area contributed by atoms with Gasteiger partial charge in [-0.1, -0.05) is 30.3 Å². The Labute approximate surface area is 184 Å². The predicted molar refractivity (Wildman–Crippen MR) is 111 cm³/mol. The Hall–Kier alpha value is -2.63. The van der Waals surface area contributed by atoms with E-state index in [1.54, 1.807) is 0 Å². The van der Waals surface area contributed by atoms with Gasteiger partial charge in [0.15, 0.2) is 0 Å². The maximum atomic E-state index is 12.8. The van der Waals surface area contributed by atoms with Gasteiger partial charge in [-0.05, 0) is 36.8 Å². The maximum absolute atomic E-state index is 12.8. The molecule has 0 unspecified atom stereocenters. The number of amides is 1. The van der Waals surface area contributed by atoms with Crippen molar-refractivity contribution in [2.75, 3.05) is 32.7 Å². The van der Waals surface area contributed by atoms with E-state index in [4.69, 9.17) is 0 Å². The van der Waals surface area contributed by atoms with E-state index in [-0.39, 0.29) is 36.5 Å². The average molecular weight is 472 g/mol. The Morgan fingerprint density at radius 2 is 1.62 bits per heavy atom. The van der Waals surface area contributed by atoms with Crippen LogP contribution in [0.3, 0.4) is 0 Å². The molecule has 1 fully saturated rings. The van der Waals surface area contributed by atoms with E-state index in [1.807, 2.05) is 42.2 Å². The molecule has 32 heavy (non-hydrogen) atoms. The van der Waals surface area contributed by atoms with Crippen LogP contribution in [0.5, 0.6) is 5.75 Å². The molecule has 1 aliphatic heterocycles. The van der Waals surface area contributed by atoms with Crippen molar-refractivity contribution < 1.29 is 31.1 Å². The number of hydrogen-bond donors (Lipinski definition) is 1. The van der Waals surface area contributed by atoms with Gasteiger partial charge >= 0.3 is 6.36 Å². The molecule has 1 amide bonds. The fourth-order valence-corrected chi connectivity index (χ4v) is 4.83. The van der Waals surface area contributed by atoms with Crippen LogP contribution in [0.15, 0.2) is 59.5 Å². The Bertz CT molecular complexity index is 1010. The molecule has 7 nitrogen and oxygen atoms in total. The number of carbonyl (C=O) groups excluding carboxylic acids is 1. The number of carbonyl (C=O) groups is 1. The number of benzene rings is 2. The number of piperazine rings is 1. The van der Waals surface area contributed by atoms with E-state index >= 15 is 0 Å². The van der Waals surface area contributed by atoms with Crippen molar-refractivity contribution in [2.24, 2.45) is 0 Å². The molecule has 174 valence electrons. The number of halogens is 3. The molecule has 2 aromatic carbocycles. The normalized spacial score (nSPS) is 17.0. The van der Waals surface area contributed by atoms with E-state index < -0.39 is 22.1 Å². The van der Waals surface area contributed by atoms with Gasteiger partial charge in [0, 0.05) is 26.2 Å². The van der Waals surface area contributed by atoms with Gasteiger partial charge in [0.05, 0.1) is 17.5 Å². The third-order valence-corrected chi connectivity index (χ3v) is 6.98. The summed E-state index contributed by atoms with van der Waals surface area (Å²) in [7, 11) is -3.86. The molecule has 1 saturated heterocycles. The van der Waals surface area contributed by atoms with Crippen molar-refractivity contribution in [2.45, 2.75) is 24.2 Å².